The summed E-state index contributed by atoms with van der Waals surface area (Å²) in [6, 6.07) is 18.4. The fourth-order valence-corrected chi connectivity index (χ4v) is 10.7. The first-order valence-electron chi connectivity index (χ1n) is 13.1. The van der Waals surface area contributed by atoms with E-state index in [2.05, 4.69) is 57.3 Å². The van der Waals surface area contributed by atoms with Crippen LogP contribution in [0.2, 0.25) is 13.1 Å². The van der Waals surface area contributed by atoms with E-state index in [0.717, 1.165) is 18.4 Å². The zero-order valence-corrected chi connectivity index (χ0v) is 24.2. The van der Waals surface area contributed by atoms with Crippen LogP contribution in [0.3, 0.4) is 0 Å². The SMILES string of the molecule is CC1(C)C[C@H]([C@@H](c2ccccc2O)[Si](C)(C)c2ccccc2)[C@@H](OC(=O)N2C(C)(C)COC2(C)C)C1. The van der Waals surface area contributed by atoms with Crippen molar-refractivity contribution in [3.63, 3.8) is 0 Å². The predicted molar refractivity (Wildman–Crippen MR) is 147 cm³/mol. The summed E-state index contributed by atoms with van der Waals surface area (Å²) in [6.45, 7) is 17.7. The molecule has 6 heteroatoms. The van der Waals surface area contributed by atoms with Gasteiger partial charge >= 0.3 is 6.09 Å². The highest BCUT2D eigenvalue weighted by Crippen LogP contribution is 2.52. The molecule has 1 aliphatic heterocycles. The number of ether oxygens (including phenoxy) is 2. The lowest BCUT2D eigenvalue weighted by Crippen LogP contribution is -2.55. The molecule has 0 radical (unpaired) electrons. The van der Waals surface area contributed by atoms with Crippen molar-refractivity contribution < 1.29 is 19.4 Å². The molecule has 1 saturated heterocycles. The lowest BCUT2D eigenvalue weighted by molar-refractivity contribution is -0.0617. The molecule has 0 unspecified atom stereocenters. The highest BCUT2D eigenvalue weighted by Gasteiger charge is 2.54. The van der Waals surface area contributed by atoms with Crippen molar-refractivity contribution in [1.82, 2.24) is 4.90 Å². The minimum Gasteiger partial charge on any atom is -0.508 e. The number of nitrogens with zero attached hydrogens (tertiary/aromatic N) is 1. The maximum absolute atomic E-state index is 13.7. The maximum atomic E-state index is 13.7. The van der Waals surface area contributed by atoms with Gasteiger partial charge in [-0.15, -0.1) is 0 Å². The number of benzene rings is 2. The van der Waals surface area contributed by atoms with Crippen LogP contribution in [0.15, 0.2) is 54.6 Å². The zero-order valence-electron chi connectivity index (χ0n) is 23.2. The van der Waals surface area contributed by atoms with Gasteiger partial charge in [0.15, 0.2) is 0 Å². The van der Waals surface area contributed by atoms with Gasteiger partial charge in [0.05, 0.1) is 20.2 Å². The van der Waals surface area contributed by atoms with Crippen LogP contribution in [-0.4, -0.2) is 48.1 Å². The van der Waals surface area contributed by atoms with E-state index in [1.54, 1.807) is 11.0 Å². The average molecular weight is 510 g/mol. The Morgan fingerprint density at radius 1 is 1.00 bits per heavy atom. The number of rotatable bonds is 5. The lowest BCUT2D eigenvalue weighted by Gasteiger charge is -2.41. The molecular weight excluding hydrogens is 466 g/mol. The highest BCUT2D eigenvalue weighted by atomic mass is 28.3. The molecule has 1 saturated carbocycles. The van der Waals surface area contributed by atoms with Crippen LogP contribution in [0, 0.1) is 11.3 Å². The molecule has 196 valence electrons. The standard InChI is InChI=1S/C30H43NO4Si/c1-28(2)18-23(25(19-28)35-27(33)31-29(3,4)20-34-30(31,5)6)26(22-16-12-13-17-24(22)32)36(7,8)21-14-10-9-11-15-21/h9-17,23,25-26,32H,18-20H2,1-8H3/t23-,25-,26+/m0/s1. The summed E-state index contributed by atoms with van der Waals surface area (Å²) in [6.07, 6.45) is 1.16. The second kappa shape index (κ2) is 9.21. The van der Waals surface area contributed by atoms with Crippen molar-refractivity contribution in [3.8, 4) is 5.75 Å². The molecule has 1 heterocycles. The fraction of sp³-hybridized carbons (Fsp3) is 0.567. The summed E-state index contributed by atoms with van der Waals surface area (Å²) in [7, 11) is -2.18. The predicted octanol–water partition coefficient (Wildman–Crippen LogP) is 6.42. The van der Waals surface area contributed by atoms with Crippen molar-refractivity contribution in [3.05, 3.63) is 60.2 Å². The quantitative estimate of drug-likeness (QED) is 0.473. The Balaban J connectivity index is 1.76. The second-order valence-electron chi connectivity index (χ2n) is 13.2. The molecule has 2 aromatic rings. The van der Waals surface area contributed by atoms with E-state index >= 15 is 0 Å². The van der Waals surface area contributed by atoms with Crippen LogP contribution in [0.4, 0.5) is 4.79 Å². The van der Waals surface area contributed by atoms with Crippen LogP contribution < -0.4 is 5.19 Å². The zero-order chi connectivity index (χ0) is 26.5. The van der Waals surface area contributed by atoms with Crippen molar-refractivity contribution in [2.24, 2.45) is 11.3 Å². The first kappa shape index (κ1) is 26.7. The van der Waals surface area contributed by atoms with Gasteiger partial charge < -0.3 is 14.6 Å². The molecule has 3 atom stereocenters. The Labute approximate surface area is 217 Å². The van der Waals surface area contributed by atoms with Crippen molar-refractivity contribution in [1.29, 1.82) is 0 Å². The molecule has 4 rings (SSSR count). The Hall–Kier alpha value is -2.31. The molecule has 0 bridgehead atoms. The van der Waals surface area contributed by atoms with Gasteiger partial charge in [-0.1, -0.05) is 80.7 Å². The van der Waals surface area contributed by atoms with Crippen molar-refractivity contribution in [2.45, 2.75) is 90.4 Å². The largest absolute Gasteiger partial charge is 0.508 e. The third kappa shape index (κ3) is 4.94. The van der Waals surface area contributed by atoms with Gasteiger partial charge in [0.1, 0.15) is 17.6 Å². The van der Waals surface area contributed by atoms with Crippen LogP contribution in [-0.2, 0) is 9.47 Å². The number of aromatic hydroxyl groups is 1. The topological polar surface area (TPSA) is 59.0 Å². The molecule has 0 spiro atoms. The van der Waals surface area contributed by atoms with Crippen LogP contribution >= 0.6 is 0 Å². The van der Waals surface area contributed by atoms with Gasteiger partial charge in [-0.3, -0.25) is 4.90 Å². The first-order chi connectivity index (χ1) is 16.7. The summed E-state index contributed by atoms with van der Waals surface area (Å²) in [5.41, 5.74) is -0.103. The summed E-state index contributed by atoms with van der Waals surface area (Å²) in [5, 5.41) is 12.4. The van der Waals surface area contributed by atoms with Crippen LogP contribution in [0.25, 0.3) is 0 Å². The van der Waals surface area contributed by atoms with Crippen molar-refractivity contribution >= 4 is 19.4 Å². The van der Waals surface area contributed by atoms with E-state index in [-0.39, 0.29) is 29.1 Å². The monoisotopic (exact) mass is 509 g/mol. The normalized spacial score (nSPS) is 25.5. The van der Waals surface area contributed by atoms with Gasteiger partial charge in [-0.2, -0.15) is 0 Å². The molecule has 2 aliphatic rings. The minimum atomic E-state index is -2.18. The highest BCUT2D eigenvalue weighted by molar-refractivity contribution is 6.91. The van der Waals surface area contributed by atoms with Crippen LogP contribution in [0.5, 0.6) is 5.75 Å². The van der Waals surface area contributed by atoms with Gasteiger partial charge in [0.25, 0.3) is 0 Å². The molecule has 1 N–H and O–H groups in total. The smallest absolute Gasteiger partial charge is 0.412 e. The van der Waals surface area contributed by atoms with E-state index < -0.39 is 19.3 Å². The second-order valence-corrected chi connectivity index (χ2v) is 17.8. The van der Waals surface area contributed by atoms with Crippen LogP contribution in [0.1, 0.15) is 65.5 Å². The number of carbonyl (C=O) groups is 1. The summed E-state index contributed by atoms with van der Waals surface area (Å²) >= 11 is 0. The van der Waals surface area contributed by atoms with E-state index in [1.165, 1.54) is 5.19 Å². The Morgan fingerprint density at radius 2 is 1.61 bits per heavy atom. The lowest BCUT2D eigenvalue weighted by atomic mass is 9.88. The summed E-state index contributed by atoms with van der Waals surface area (Å²) in [4.78, 5) is 15.5. The first-order valence-corrected chi connectivity index (χ1v) is 16.2. The maximum Gasteiger partial charge on any atom is 0.412 e. The van der Waals surface area contributed by atoms with E-state index in [4.69, 9.17) is 9.47 Å². The van der Waals surface area contributed by atoms with Gasteiger partial charge in [0.2, 0.25) is 0 Å². The van der Waals surface area contributed by atoms with Gasteiger partial charge in [-0.05, 0) is 63.1 Å². The van der Waals surface area contributed by atoms with Crippen molar-refractivity contribution in [2.75, 3.05) is 6.61 Å². The number of carbonyl (C=O) groups excluding carboxylic acids is 1. The number of hydrogen-bond acceptors (Lipinski definition) is 4. The van der Waals surface area contributed by atoms with Gasteiger partial charge in [-0.25, -0.2) is 4.79 Å². The van der Waals surface area contributed by atoms with E-state index in [0.29, 0.717) is 12.4 Å². The third-order valence-electron chi connectivity index (χ3n) is 8.37. The minimum absolute atomic E-state index is 0.0198. The Bertz CT molecular complexity index is 1080. The molecular formula is C30H43NO4Si. The molecule has 0 aromatic heterocycles. The number of hydrogen-bond donors (Lipinski definition) is 1. The molecule has 36 heavy (non-hydrogen) atoms. The molecule has 1 amide bonds. The molecule has 2 fully saturated rings. The molecule has 1 aliphatic carbocycles. The molecule has 2 aromatic carbocycles. The summed E-state index contributed by atoms with van der Waals surface area (Å²) in [5.74, 6) is 0.415. The van der Waals surface area contributed by atoms with E-state index in [9.17, 15) is 9.90 Å². The number of para-hydroxylation sites is 1. The average Bonchev–Trinajstić information content (AvgIpc) is 3.19. The number of phenolic OH excluding ortho intramolecular Hbond substituents is 1. The Morgan fingerprint density at radius 3 is 2.19 bits per heavy atom. The third-order valence-corrected chi connectivity index (χ3v) is 12.5. The molecule has 5 nitrogen and oxygen atoms in total. The Kier molecular flexibility index (Phi) is 6.84. The van der Waals surface area contributed by atoms with E-state index in [1.807, 2.05) is 45.9 Å². The fourth-order valence-electron chi connectivity index (χ4n) is 6.82. The number of amides is 1. The van der Waals surface area contributed by atoms with Gasteiger partial charge in [0, 0.05) is 5.92 Å². The summed E-state index contributed by atoms with van der Waals surface area (Å²) < 4.78 is 12.4. The number of phenols is 1.